The van der Waals surface area contributed by atoms with Gasteiger partial charge >= 0.3 is 0 Å². The Morgan fingerprint density at radius 2 is 1.95 bits per heavy atom. The summed E-state index contributed by atoms with van der Waals surface area (Å²) in [5.74, 6) is 0.691. The number of para-hydroxylation sites is 1. The summed E-state index contributed by atoms with van der Waals surface area (Å²) in [6.45, 7) is 9.11. The fraction of sp³-hybridized carbons (Fsp3) is 0.588. The van der Waals surface area contributed by atoms with Crippen molar-refractivity contribution in [3.05, 3.63) is 29.8 Å². The number of ether oxygens (including phenoxy) is 2. The summed E-state index contributed by atoms with van der Waals surface area (Å²) in [7, 11) is 0. The summed E-state index contributed by atoms with van der Waals surface area (Å²) in [6.07, 6.45) is 1.43. The highest BCUT2D eigenvalue weighted by atomic mass is 16.5. The van der Waals surface area contributed by atoms with Gasteiger partial charge in [0.2, 0.25) is 0 Å². The van der Waals surface area contributed by atoms with Crippen LogP contribution in [0.5, 0.6) is 5.75 Å². The molecule has 0 bridgehead atoms. The molecule has 0 aromatic heterocycles. The molecular formula is C17H27NO3. The molecule has 21 heavy (non-hydrogen) atoms. The fourth-order valence-corrected chi connectivity index (χ4v) is 1.90. The molecule has 0 fully saturated rings. The Morgan fingerprint density at radius 3 is 2.62 bits per heavy atom. The zero-order valence-corrected chi connectivity index (χ0v) is 13.5. The molecule has 1 unspecified atom stereocenters. The predicted octanol–water partition coefficient (Wildman–Crippen LogP) is 2.95. The van der Waals surface area contributed by atoms with E-state index in [1.54, 1.807) is 6.92 Å². The first kappa shape index (κ1) is 17.5. The van der Waals surface area contributed by atoms with Crippen molar-refractivity contribution >= 4 is 5.91 Å². The first-order valence-corrected chi connectivity index (χ1v) is 7.68. The summed E-state index contributed by atoms with van der Waals surface area (Å²) in [5, 5.41) is 2.87. The maximum Gasteiger partial charge on any atom is 0.260 e. The minimum atomic E-state index is -0.497. The van der Waals surface area contributed by atoms with Crippen LogP contribution in [0, 0.1) is 0 Å². The number of nitrogens with one attached hydrogen (secondary N) is 1. The van der Waals surface area contributed by atoms with Crippen LogP contribution in [-0.4, -0.2) is 31.3 Å². The van der Waals surface area contributed by atoms with Gasteiger partial charge in [0.1, 0.15) is 5.75 Å². The van der Waals surface area contributed by atoms with Crippen LogP contribution in [0.3, 0.4) is 0 Å². The van der Waals surface area contributed by atoms with Gasteiger partial charge in [-0.05, 0) is 45.2 Å². The molecule has 0 aliphatic carbocycles. The molecule has 0 saturated carbocycles. The van der Waals surface area contributed by atoms with Gasteiger partial charge in [-0.2, -0.15) is 0 Å². The van der Waals surface area contributed by atoms with E-state index in [1.165, 1.54) is 0 Å². The fourth-order valence-electron chi connectivity index (χ4n) is 1.90. The van der Waals surface area contributed by atoms with Gasteiger partial charge < -0.3 is 14.8 Å². The summed E-state index contributed by atoms with van der Waals surface area (Å²) < 4.78 is 11.2. The molecule has 0 aliphatic heterocycles. The van der Waals surface area contributed by atoms with E-state index in [1.807, 2.05) is 38.1 Å². The first-order valence-electron chi connectivity index (χ1n) is 7.68. The van der Waals surface area contributed by atoms with Crippen molar-refractivity contribution in [2.24, 2.45) is 0 Å². The van der Waals surface area contributed by atoms with Gasteiger partial charge in [-0.15, -0.1) is 0 Å². The smallest absolute Gasteiger partial charge is 0.260 e. The summed E-state index contributed by atoms with van der Waals surface area (Å²) in [6, 6.07) is 7.82. The van der Waals surface area contributed by atoms with Crippen LogP contribution < -0.4 is 10.1 Å². The lowest BCUT2D eigenvalue weighted by Gasteiger charge is -2.17. The standard InChI is InChI=1S/C17H27NO3/c1-5-15-9-6-7-10-16(15)21-14(4)17(19)18-11-8-12-20-13(2)3/h6-7,9-10,13-14H,5,8,11-12H2,1-4H3,(H,18,19). The molecular weight excluding hydrogens is 266 g/mol. The number of rotatable bonds is 9. The zero-order chi connectivity index (χ0) is 15.7. The van der Waals surface area contributed by atoms with Crippen molar-refractivity contribution in [1.29, 1.82) is 0 Å². The third-order valence-corrected chi connectivity index (χ3v) is 3.10. The maximum absolute atomic E-state index is 12.0. The van der Waals surface area contributed by atoms with E-state index >= 15 is 0 Å². The lowest BCUT2D eigenvalue weighted by Crippen LogP contribution is -2.37. The molecule has 1 N–H and O–H groups in total. The highest BCUT2D eigenvalue weighted by Crippen LogP contribution is 2.19. The molecule has 4 heteroatoms. The maximum atomic E-state index is 12.0. The molecule has 0 spiro atoms. The van der Waals surface area contributed by atoms with Gasteiger partial charge in [0, 0.05) is 13.2 Å². The topological polar surface area (TPSA) is 47.6 Å². The first-order chi connectivity index (χ1) is 10.0. The van der Waals surface area contributed by atoms with E-state index in [4.69, 9.17) is 9.47 Å². The number of hydrogen-bond acceptors (Lipinski definition) is 3. The minimum Gasteiger partial charge on any atom is -0.481 e. The van der Waals surface area contributed by atoms with E-state index in [2.05, 4.69) is 12.2 Å². The third kappa shape index (κ3) is 6.63. The van der Waals surface area contributed by atoms with Gasteiger partial charge in [-0.1, -0.05) is 25.1 Å². The van der Waals surface area contributed by atoms with Crippen molar-refractivity contribution in [3.63, 3.8) is 0 Å². The van der Waals surface area contributed by atoms with Gasteiger partial charge in [-0.3, -0.25) is 4.79 Å². The monoisotopic (exact) mass is 293 g/mol. The van der Waals surface area contributed by atoms with Gasteiger partial charge in [0.05, 0.1) is 6.10 Å². The lowest BCUT2D eigenvalue weighted by atomic mass is 10.1. The molecule has 0 saturated heterocycles. The van der Waals surface area contributed by atoms with Gasteiger partial charge in [0.25, 0.3) is 5.91 Å². The second-order valence-electron chi connectivity index (χ2n) is 5.29. The molecule has 1 aromatic rings. The molecule has 4 nitrogen and oxygen atoms in total. The Morgan fingerprint density at radius 1 is 1.24 bits per heavy atom. The van der Waals surface area contributed by atoms with Crippen molar-refractivity contribution in [3.8, 4) is 5.75 Å². The average Bonchev–Trinajstić information content (AvgIpc) is 2.46. The van der Waals surface area contributed by atoms with Crippen molar-refractivity contribution < 1.29 is 14.3 Å². The largest absolute Gasteiger partial charge is 0.481 e. The van der Waals surface area contributed by atoms with Crippen LogP contribution >= 0.6 is 0 Å². The molecule has 1 atom stereocenters. The number of hydrogen-bond donors (Lipinski definition) is 1. The third-order valence-electron chi connectivity index (χ3n) is 3.10. The van der Waals surface area contributed by atoms with Crippen molar-refractivity contribution in [2.45, 2.75) is 52.7 Å². The van der Waals surface area contributed by atoms with E-state index < -0.39 is 6.10 Å². The predicted molar refractivity (Wildman–Crippen MR) is 84.6 cm³/mol. The molecule has 1 amide bonds. The molecule has 0 heterocycles. The number of benzene rings is 1. The zero-order valence-electron chi connectivity index (χ0n) is 13.5. The van der Waals surface area contributed by atoms with E-state index in [0.717, 1.165) is 24.2 Å². The molecule has 1 aromatic carbocycles. The molecule has 0 radical (unpaired) electrons. The van der Waals surface area contributed by atoms with Crippen LogP contribution in [0.4, 0.5) is 0 Å². The molecule has 118 valence electrons. The van der Waals surface area contributed by atoms with Crippen LogP contribution in [0.1, 0.15) is 39.7 Å². The van der Waals surface area contributed by atoms with Crippen LogP contribution in [0.25, 0.3) is 0 Å². The quantitative estimate of drug-likeness (QED) is 0.712. The van der Waals surface area contributed by atoms with E-state index in [9.17, 15) is 4.79 Å². The Hall–Kier alpha value is -1.55. The Labute approximate surface area is 127 Å². The summed E-state index contributed by atoms with van der Waals surface area (Å²) in [5.41, 5.74) is 1.11. The Bertz CT molecular complexity index is 432. The second-order valence-corrected chi connectivity index (χ2v) is 5.29. The highest BCUT2D eigenvalue weighted by molar-refractivity contribution is 5.80. The van der Waals surface area contributed by atoms with Crippen LogP contribution in [0.2, 0.25) is 0 Å². The molecule has 1 rings (SSSR count). The van der Waals surface area contributed by atoms with Crippen LogP contribution in [-0.2, 0) is 16.0 Å². The van der Waals surface area contributed by atoms with E-state index in [-0.39, 0.29) is 12.0 Å². The Balaban J connectivity index is 2.34. The average molecular weight is 293 g/mol. The minimum absolute atomic E-state index is 0.0922. The second kappa shape index (κ2) is 9.40. The SMILES string of the molecule is CCc1ccccc1OC(C)C(=O)NCCCOC(C)C. The summed E-state index contributed by atoms with van der Waals surface area (Å²) >= 11 is 0. The number of carbonyl (C=O) groups excluding carboxylic acids is 1. The number of aryl methyl sites for hydroxylation is 1. The Kier molecular flexibility index (Phi) is 7.83. The van der Waals surface area contributed by atoms with Crippen molar-refractivity contribution in [1.82, 2.24) is 5.32 Å². The summed E-state index contributed by atoms with van der Waals surface area (Å²) in [4.78, 5) is 12.0. The number of carbonyl (C=O) groups is 1. The highest BCUT2D eigenvalue weighted by Gasteiger charge is 2.15. The normalized spacial score (nSPS) is 12.2. The number of amides is 1. The molecule has 0 aliphatic rings. The van der Waals surface area contributed by atoms with Crippen molar-refractivity contribution in [2.75, 3.05) is 13.2 Å². The van der Waals surface area contributed by atoms with E-state index in [0.29, 0.717) is 13.2 Å². The van der Waals surface area contributed by atoms with Gasteiger partial charge in [-0.25, -0.2) is 0 Å². The van der Waals surface area contributed by atoms with Crippen LogP contribution in [0.15, 0.2) is 24.3 Å². The lowest BCUT2D eigenvalue weighted by molar-refractivity contribution is -0.127. The van der Waals surface area contributed by atoms with Gasteiger partial charge in [0.15, 0.2) is 6.10 Å².